The number of benzene rings is 2. The topological polar surface area (TPSA) is 83.5 Å². The average molecular weight is 326 g/mol. The highest BCUT2D eigenvalue weighted by molar-refractivity contribution is 7.92. The lowest BCUT2D eigenvalue weighted by atomic mass is 10.1. The van der Waals surface area contributed by atoms with Gasteiger partial charge in [-0.15, -0.1) is 0 Å². The third-order valence-corrected chi connectivity index (χ3v) is 4.28. The van der Waals surface area contributed by atoms with Crippen LogP contribution in [0.4, 0.5) is 5.69 Å². The Morgan fingerprint density at radius 2 is 1.81 bits per heavy atom. The monoisotopic (exact) mass is 325 g/mol. The van der Waals surface area contributed by atoms with Gasteiger partial charge in [-0.2, -0.15) is 0 Å². The van der Waals surface area contributed by atoms with Crippen molar-refractivity contribution in [3.8, 4) is 0 Å². The number of sulfonamides is 1. The molecule has 0 aliphatic rings. The average Bonchev–Trinajstić information content (AvgIpc) is 2.40. The van der Waals surface area contributed by atoms with Crippen LogP contribution < -0.4 is 4.72 Å². The van der Waals surface area contributed by atoms with Gasteiger partial charge >= 0.3 is 5.97 Å². The van der Waals surface area contributed by atoms with Crippen LogP contribution in [-0.2, 0) is 21.2 Å². The van der Waals surface area contributed by atoms with Gasteiger partial charge in [-0.05, 0) is 35.9 Å². The largest absolute Gasteiger partial charge is 0.481 e. The van der Waals surface area contributed by atoms with Crippen LogP contribution in [0.1, 0.15) is 5.56 Å². The molecule has 0 bridgehead atoms. The Hall–Kier alpha value is -2.05. The molecule has 0 amide bonds. The smallest absolute Gasteiger partial charge is 0.307 e. The number of anilines is 1. The molecule has 0 aromatic heterocycles. The van der Waals surface area contributed by atoms with Gasteiger partial charge in [0.25, 0.3) is 10.0 Å². The standard InChI is InChI=1S/C14H12ClNO4S/c15-11-2-1-3-13(9-11)21(19,20)16-12-6-4-10(5-7-12)8-14(17)18/h1-7,9,16H,8H2,(H,17,18). The molecular formula is C14H12ClNO4S. The number of halogens is 1. The molecule has 0 atom stereocenters. The van der Waals surface area contributed by atoms with E-state index >= 15 is 0 Å². The molecule has 2 rings (SSSR count). The summed E-state index contributed by atoms with van der Waals surface area (Å²) in [6, 6.07) is 12.1. The summed E-state index contributed by atoms with van der Waals surface area (Å²) in [5.41, 5.74) is 0.942. The van der Waals surface area contributed by atoms with Gasteiger partial charge in [0, 0.05) is 10.7 Å². The van der Waals surface area contributed by atoms with Crippen molar-refractivity contribution in [2.24, 2.45) is 0 Å². The molecule has 0 aliphatic heterocycles. The van der Waals surface area contributed by atoms with Gasteiger partial charge in [0.2, 0.25) is 0 Å². The predicted octanol–water partition coefficient (Wildman–Crippen LogP) is 2.77. The second-order valence-corrected chi connectivity index (χ2v) is 6.45. The zero-order valence-corrected chi connectivity index (χ0v) is 12.4. The molecule has 2 N–H and O–H groups in total. The summed E-state index contributed by atoms with van der Waals surface area (Å²) < 4.78 is 26.7. The third-order valence-electron chi connectivity index (χ3n) is 2.67. The summed E-state index contributed by atoms with van der Waals surface area (Å²) in [7, 11) is -3.72. The zero-order chi connectivity index (χ0) is 15.5. The molecule has 0 saturated heterocycles. The molecule has 0 aliphatic carbocycles. The first-order chi connectivity index (χ1) is 9.87. The van der Waals surface area contributed by atoms with Crippen LogP contribution in [0.5, 0.6) is 0 Å². The minimum Gasteiger partial charge on any atom is -0.481 e. The molecule has 5 nitrogen and oxygen atoms in total. The highest BCUT2D eigenvalue weighted by Crippen LogP contribution is 2.19. The van der Waals surface area contributed by atoms with E-state index in [1.54, 1.807) is 24.3 Å². The number of hydrogen-bond donors (Lipinski definition) is 2. The number of nitrogens with one attached hydrogen (secondary N) is 1. The van der Waals surface area contributed by atoms with Crippen LogP contribution in [0.3, 0.4) is 0 Å². The molecule has 0 fully saturated rings. The van der Waals surface area contributed by atoms with Gasteiger partial charge in [-0.25, -0.2) is 8.42 Å². The minimum absolute atomic E-state index is 0.0598. The number of rotatable bonds is 5. The highest BCUT2D eigenvalue weighted by atomic mass is 35.5. The van der Waals surface area contributed by atoms with E-state index < -0.39 is 16.0 Å². The van der Waals surface area contributed by atoms with Crippen LogP contribution in [0.25, 0.3) is 0 Å². The maximum absolute atomic E-state index is 12.2. The Morgan fingerprint density at radius 1 is 1.14 bits per heavy atom. The SMILES string of the molecule is O=C(O)Cc1ccc(NS(=O)(=O)c2cccc(Cl)c2)cc1. The normalized spacial score (nSPS) is 11.1. The molecule has 2 aromatic rings. The summed E-state index contributed by atoms with van der Waals surface area (Å²) in [6.45, 7) is 0. The summed E-state index contributed by atoms with van der Waals surface area (Å²) in [4.78, 5) is 10.6. The molecule has 0 heterocycles. The quantitative estimate of drug-likeness (QED) is 0.885. The van der Waals surface area contributed by atoms with E-state index in [9.17, 15) is 13.2 Å². The summed E-state index contributed by atoms with van der Waals surface area (Å²) in [5.74, 6) is -0.942. The number of hydrogen-bond acceptors (Lipinski definition) is 3. The van der Waals surface area contributed by atoms with Crippen molar-refractivity contribution in [2.45, 2.75) is 11.3 Å². The molecule has 0 radical (unpaired) electrons. The highest BCUT2D eigenvalue weighted by Gasteiger charge is 2.14. The van der Waals surface area contributed by atoms with Crippen LogP contribution in [0.2, 0.25) is 5.02 Å². The fourth-order valence-electron chi connectivity index (χ4n) is 1.71. The fraction of sp³-hybridized carbons (Fsp3) is 0.0714. The van der Waals surface area contributed by atoms with Crippen molar-refractivity contribution in [2.75, 3.05) is 4.72 Å². The molecule has 2 aromatic carbocycles. The Labute approximate surface area is 127 Å². The summed E-state index contributed by atoms with van der Waals surface area (Å²) in [6.07, 6.45) is -0.110. The molecule has 21 heavy (non-hydrogen) atoms. The third kappa shape index (κ3) is 4.21. The first-order valence-electron chi connectivity index (χ1n) is 5.96. The second kappa shape index (κ2) is 6.15. The molecular weight excluding hydrogens is 314 g/mol. The van der Waals surface area contributed by atoms with Crippen molar-refractivity contribution >= 4 is 33.3 Å². The lowest BCUT2D eigenvalue weighted by molar-refractivity contribution is -0.136. The van der Waals surface area contributed by atoms with Crippen molar-refractivity contribution < 1.29 is 18.3 Å². The van der Waals surface area contributed by atoms with E-state index in [1.807, 2.05) is 0 Å². The number of carbonyl (C=O) groups is 1. The fourth-order valence-corrected chi connectivity index (χ4v) is 3.07. The van der Waals surface area contributed by atoms with Crippen LogP contribution in [0, 0.1) is 0 Å². The maximum atomic E-state index is 12.2. The van der Waals surface area contributed by atoms with E-state index in [-0.39, 0.29) is 11.3 Å². The van der Waals surface area contributed by atoms with Gasteiger partial charge in [0.05, 0.1) is 11.3 Å². The van der Waals surface area contributed by atoms with Crippen molar-refractivity contribution in [1.82, 2.24) is 0 Å². The van der Waals surface area contributed by atoms with Crippen molar-refractivity contribution in [3.05, 3.63) is 59.1 Å². The first kappa shape index (κ1) is 15.3. The minimum atomic E-state index is -3.72. The predicted molar refractivity (Wildman–Crippen MR) is 80.0 cm³/mol. The van der Waals surface area contributed by atoms with Crippen molar-refractivity contribution in [1.29, 1.82) is 0 Å². The second-order valence-electron chi connectivity index (χ2n) is 4.33. The van der Waals surface area contributed by atoms with Gasteiger partial charge < -0.3 is 5.11 Å². The van der Waals surface area contributed by atoms with Gasteiger partial charge in [-0.1, -0.05) is 29.8 Å². The Balaban J connectivity index is 2.19. The van der Waals surface area contributed by atoms with E-state index in [0.29, 0.717) is 16.3 Å². The van der Waals surface area contributed by atoms with Crippen LogP contribution in [-0.4, -0.2) is 19.5 Å². The molecule has 110 valence electrons. The number of carboxylic acid groups (broad SMARTS) is 1. The Morgan fingerprint density at radius 3 is 2.38 bits per heavy atom. The van der Waals surface area contributed by atoms with E-state index in [0.717, 1.165) is 0 Å². The number of aliphatic carboxylic acids is 1. The molecule has 0 unspecified atom stereocenters. The molecule has 0 saturated carbocycles. The molecule has 7 heteroatoms. The Bertz CT molecular complexity index is 757. The van der Waals surface area contributed by atoms with Crippen LogP contribution in [0.15, 0.2) is 53.4 Å². The maximum Gasteiger partial charge on any atom is 0.307 e. The molecule has 0 spiro atoms. The zero-order valence-electron chi connectivity index (χ0n) is 10.8. The first-order valence-corrected chi connectivity index (χ1v) is 7.82. The summed E-state index contributed by atoms with van der Waals surface area (Å²) >= 11 is 5.78. The lowest BCUT2D eigenvalue weighted by Gasteiger charge is -2.08. The van der Waals surface area contributed by atoms with Gasteiger partial charge in [-0.3, -0.25) is 9.52 Å². The van der Waals surface area contributed by atoms with E-state index in [2.05, 4.69) is 4.72 Å². The van der Waals surface area contributed by atoms with Crippen molar-refractivity contribution in [3.63, 3.8) is 0 Å². The lowest BCUT2D eigenvalue weighted by Crippen LogP contribution is -2.13. The van der Waals surface area contributed by atoms with E-state index in [4.69, 9.17) is 16.7 Å². The van der Waals surface area contributed by atoms with Gasteiger partial charge in [0.15, 0.2) is 0 Å². The Kier molecular flexibility index (Phi) is 4.50. The number of carboxylic acids is 1. The van der Waals surface area contributed by atoms with Crippen LogP contribution >= 0.6 is 11.6 Å². The van der Waals surface area contributed by atoms with Gasteiger partial charge in [0.1, 0.15) is 0 Å². The summed E-state index contributed by atoms with van der Waals surface area (Å²) in [5, 5.41) is 9.00. The van der Waals surface area contributed by atoms with E-state index in [1.165, 1.54) is 24.3 Å².